The average molecular weight is 245 g/mol. The van der Waals surface area contributed by atoms with Crippen LogP contribution < -0.4 is 0 Å². The molecule has 1 fully saturated rings. The first kappa shape index (κ1) is 12.8. The highest BCUT2D eigenvalue weighted by Crippen LogP contribution is 2.27. The quantitative estimate of drug-likeness (QED) is 0.762. The molecule has 0 atom stereocenters. The van der Waals surface area contributed by atoms with E-state index >= 15 is 0 Å². The molecule has 18 heavy (non-hydrogen) atoms. The van der Waals surface area contributed by atoms with E-state index in [0.29, 0.717) is 18.5 Å². The first-order valence-corrected chi connectivity index (χ1v) is 6.26. The van der Waals surface area contributed by atoms with E-state index in [9.17, 15) is 9.59 Å². The molecule has 1 amide bonds. The summed E-state index contributed by atoms with van der Waals surface area (Å²) < 4.78 is 0. The smallest absolute Gasteiger partial charge is 0.254 e. The van der Waals surface area contributed by atoms with Crippen LogP contribution in [0.1, 0.15) is 41.8 Å². The van der Waals surface area contributed by atoms with Crippen LogP contribution >= 0.6 is 0 Å². The van der Waals surface area contributed by atoms with Gasteiger partial charge in [0.05, 0.1) is 5.54 Å². The van der Waals surface area contributed by atoms with Crippen molar-refractivity contribution in [1.82, 2.24) is 4.90 Å². The third-order valence-corrected chi connectivity index (χ3v) is 3.92. The van der Waals surface area contributed by atoms with Crippen LogP contribution in [0.4, 0.5) is 0 Å². The Morgan fingerprint density at radius 1 is 1.22 bits per heavy atom. The largest absolute Gasteiger partial charge is 0.326 e. The van der Waals surface area contributed by atoms with E-state index in [1.807, 2.05) is 45.9 Å². The molecule has 0 saturated carbocycles. The fraction of sp³-hybridized carbons (Fsp3) is 0.467. The highest BCUT2D eigenvalue weighted by atomic mass is 16.2. The van der Waals surface area contributed by atoms with Crippen molar-refractivity contribution in [2.24, 2.45) is 0 Å². The number of hydrogen-bond acceptors (Lipinski definition) is 2. The summed E-state index contributed by atoms with van der Waals surface area (Å²) in [5.74, 6) is 0.0913. The molecule has 1 heterocycles. The van der Waals surface area contributed by atoms with Crippen LogP contribution in [-0.4, -0.2) is 28.7 Å². The number of ketones is 1. The maximum Gasteiger partial charge on any atom is 0.254 e. The number of amides is 1. The highest BCUT2D eigenvalue weighted by molar-refractivity contribution is 6.01. The van der Waals surface area contributed by atoms with Crippen LogP contribution in [0.25, 0.3) is 0 Å². The van der Waals surface area contributed by atoms with E-state index in [4.69, 9.17) is 0 Å². The monoisotopic (exact) mass is 245 g/mol. The van der Waals surface area contributed by atoms with Crippen LogP contribution in [0.15, 0.2) is 18.2 Å². The molecule has 0 aliphatic carbocycles. The van der Waals surface area contributed by atoms with Crippen LogP contribution in [0.5, 0.6) is 0 Å². The molecular formula is C15H19NO2. The third-order valence-electron chi connectivity index (χ3n) is 3.92. The van der Waals surface area contributed by atoms with E-state index in [1.165, 1.54) is 5.56 Å². The second kappa shape index (κ2) is 4.23. The number of rotatable bonds is 1. The van der Waals surface area contributed by atoms with E-state index in [-0.39, 0.29) is 11.7 Å². The van der Waals surface area contributed by atoms with Crippen molar-refractivity contribution in [3.63, 3.8) is 0 Å². The van der Waals surface area contributed by atoms with Crippen molar-refractivity contribution >= 4 is 11.7 Å². The SMILES string of the molecule is Cc1ccc(C(=O)N2CCC(=O)C2(C)C)cc1C. The Bertz CT molecular complexity index is 517. The number of carbonyl (C=O) groups is 2. The molecule has 0 bridgehead atoms. The van der Waals surface area contributed by atoms with Gasteiger partial charge in [0, 0.05) is 18.5 Å². The lowest BCUT2D eigenvalue weighted by Gasteiger charge is -2.30. The van der Waals surface area contributed by atoms with E-state index < -0.39 is 5.54 Å². The number of nitrogens with zero attached hydrogens (tertiary/aromatic N) is 1. The first-order chi connectivity index (χ1) is 8.34. The lowest BCUT2D eigenvalue weighted by molar-refractivity contribution is -0.123. The van der Waals surface area contributed by atoms with Gasteiger partial charge >= 0.3 is 0 Å². The Kier molecular flexibility index (Phi) is 3.01. The predicted octanol–water partition coefficient (Wildman–Crippen LogP) is 2.50. The zero-order chi connectivity index (χ0) is 13.5. The Morgan fingerprint density at radius 2 is 1.89 bits per heavy atom. The molecule has 96 valence electrons. The van der Waals surface area contributed by atoms with Crippen molar-refractivity contribution in [2.45, 2.75) is 39.7 Å². The van der Waals surface area contributed by atoms with Crippen molar-refractivity contribution < 1.29 is 9.59 Å². The number of benzene rings is 1. The van der Waals surface area contributed by atoms with Gasteiger partial charge in [-0.15, -0.1) is 0 Å². The summed E-state index contributed by atoms with van der Waals surface area (Å²) in [5, 5.41) is 0. The maximum absolute atomic E-state index is 12.4. The number of carbonyl (C=O) groups excluding carboxylic acids is 2. The topological polar surface area (TPSA) is 37.4 Å². The zero-order valence-electron chi connectivity index (χ0n) is 11.4. The Labute approximate surface area is 108 Å². The number of likely N-dealkylation sites (tertiary alicyclic amines) is 1. The van der Waals surface area contributed by atoms with Gasteiger partial charge in [0.2, 0.25) is 0 Å². The standard InChI is InChI=1S/C15H19NO2/c1-10-5-6-12(9-11(10)2)14(18)16-8-7-13(17)15(16,3)4/h5-6,9H,7-8H2,1-4H3. The zero-order valence-corrected chi connectivity index (χ0v) is 11.4. The first-order valence-electron chi connectivity index (χ1n) is 6.26. The molecule has 0 aromatic heterocycles. The molecular weight excluding hydrogens is 226 g/mol. The molecule has 3 heteroatoms. The van der Waals surface area contributed by atoms with E-state index in [0.717, 1.165) is 5.56 Å². The molecule has 0 radical (unpaired) electrons. The van der Waals surface area contributed by atoms with Gasteiger partial charge in [-0.25, -0.2) is 0 Å². The van der Waals surface area contributed by atoms with Gasteiger partial charge in [0.25, 0.3) is 5.91 Å². The molecule has 1 saturated heterocycles. The van der Waals surface area contributed by atoms with Gasteiger partial charge in [-0.1, -0.05) is 6.07 Å². The molecule has 0 spiro atoms. The summed E-state index contributed by atoms with van der Waals surface area (Å²) in [4.78, 5) is 25.9. The van der Waals surface area contributed by atoms with Crippen LogP contribution in [-0.2, 0) is 4.79 Å². The fourth-order valence-electron chi connectivity index (χ4n) is 2.33. The van der Waals surface area contributed by atoms with Crippen molar-refractivity contribution in [2.75, 3.05) is 6.54 Å². The van der Waals surface area contributed by atoms with Gasteiger partial charge in [0.1, 0.15) is 0 Å². The van der Waals surface area contributed by atoms with Crippen LogP contribution in [0, 0.1) is 13.8 Å². The maximum atomic E-state index is 12.4. The summed E-state index contributed by atoms with van der Waals surface area (Å²) in [6.07, 6.45) is 0.462. The second-order valence-electron chi connectivity index (χ2n) is 5.49. The lowest BCUT2D eigenvalue weighted by atomic mass is 9.99. The lowest BCUT2D eigenvalue weighted by Crippen LogP contribution is -2.46. The van der Waals surface area contributed by atoms with Crippen molar-refractivity contribution in [3.05, 3.63) is 34.9 Å². The molecule has 1 aromatic carbocycles. The molecule has 0 N–H and O–H groups in total. The normalized spacial score (nSPS) is 18.2. The van der Waals surface area contributed by atoms with Crippen LogP contribution in [0.3, 0.4) is 0 Å². The molecule has 1 aromatic rings. The molecule has 3 nitrogen and oxygen atoms in total. The number of hydrogen-bond donors (Lipinski definition) is 0. The summed E-state index contributed by atoms with van der Waals surface area (Å²) in [6, 6.07) is 5.69. The predicted molar refractivity (Wildman–Crippen MR) is 70.7 cm³/mol. The Morgan fingerprint density at radius 3 is 2.39 bits per heavy atom. The number of Topliss-reactive ketones (excluding diaryl/α,β-unsaturated/α-hetero) is 1. The summed E-state index contributed by atoms with van der Waals surface area (Å²) in [5.41, 5.74) is 2.27. The van der Waals surface area contributed by atoms with Gasteiger partial charge in [0.15, 0.2) is 5.78 Å². The van der Waals surface area contributed by atoms with Gasteiger partial charge in [-0.05, 0) is 51.0 Å². The average Bonchev–Trinajstić information content (AvgIpc) is 2.57. The molecule has 1 aliphatic heterocycles. The summed E-state index contributed by atoms with van der Waals surface area (Å²) in [7, 11) is 0. The minimum atomic E-state index is -0.671. The summed E-state index contributed by atoms with van der Waals surface area (Å²) in [6.45, 7) is 8.18. The minimum absolute atomic E-state index is 0.0473. The Balaban J connectivity index is 2.32. The third kappa shape index (κ3) is 1.94. The van der Waals surface area contributed by atoms with Gasteiger partial charge in [-0.3, -0.25) is 9.59 Å². The molecule has 0 unspecified atom stereocenters. The second-order valence-corrected chi connectivity index (χ2v) is 5.49. The summed E-state index contributed by atoms with van der Waals surface area (Å²) >= 11 is 0. The minimum Gasteiger partial charge on any atom is -0.326 e. The van der Waals surface area contributed by atoms with E-state index in [2.05, 4.69) is 0 Å². The Hall–Kier alpha value is -1.64. The molecule has 2 rings (SSSR count). The molecule has 1 aliphatic rings. The highest BCUT2D eigenvalue weighted by Gasteiger charge is 2.42. The van der Waals surface area contributed by atoms with Gasteiger partial charge in [-0.2, -0.15) is 0 Å². The van der Waals surface area contributed by atoms with Crippen molar-refractivity contribution in [3.8, 4) is 0 Å². The number of aryl methyl sites for hydroxylation is 2. The van der Waals surface area contributed by atoms with E-state index in [1.54, 1.807) is 4.90 Å². The van der Waals surface area contributed by atoms with Crippen molar-refractivity contribution in [1.29, 1.82) is 0 Å². The van der Waals surface area contributed by atoms with Gasteiger partial charge < -0.3 is 4.90 Å². The van der Waals surface area contributed by atoms with Crippen LogP contribution in [0.2, 0.25) is 0 Å². The fourth-order valence-corrected chi connectivity index (χ4v) is 2.33.